The van der Waals surface area contributed by atoms with E-state index in [1.165, 1.54) is 72.8 Å². The minimum atomic E-state index is -1.17. The van der Waals surface area contributed by atoms with Gasteiger partial charge in [0.1, 0.15) is 73.6 Å². The topological polar surface area (TPSA) is 356 Å². The quantitative estimate of drug-likeness (QED) is 0.0161. The fourth-order valence-electron chi connectivity index (χ4n) is 11.9. The van der Waals surface area contributed by atoms with E-state index >= 15 is 0 Å². The molecule has 6 unspecified atom stereocenters. The van der Waals surface area contributed by atoms with Gasteiger partial charge in [-0.05, 0) is 219 Å². The zero-order valence-corrected chi connectivity index (χ0v) is 84.4. The molecule has 5 aliphatic heterocycles. The van der Waals surface area contributed by atoms with Crippen LogP contribution in [0, 0.1) is 34.9 Å². The normalized spacial score (nSPS) is 16.5. The molecule has 675 valence electrons. The smallest absolute Gasteiger partial charge is 1.00 e. The van der Waals surface area contributed by atoms with E-state index < -0.39 is 46.9 Å². The molecule has 44 heteroatoms. The average molecular weight is 2230 g/mol. The minimum Gasteiger partial charge on any atom is -1.00 e. The maximum atomic E-state index is 13.6. The zero-order valence-electron chi connectivity index (χ0n) is 71.9. The minimum absolute atomic E-state index is 0. The van der Waals surface area contributed by atoms with Crippen molar-refractivity contribution in [3.63, 3.8) is 0 Å². The molecule has 0 aliphatic carbocycles. The van der Waals surface area contributed by atoms with Crippen LogP contribution in [0.4, 0.5) is 37.8 Å². The van der Waals surface area contributed by atoms with Crippen LogP contribution in [-0.4, -0.2) is 178 Å². The van der Waals surface area contributed by atoms with Gasteiger partial charge in [0.05, 0.1) is 112 Å². The van der Waals surface area contributed by atoms with Crippen molar-refractivity contribution >= 4 is 188 Å². The number of carbonyl (C=O) groups excluding carboxylic acids is 4. The van der Waals surface area contributed by atoms with Crippen LogP contribution in [0.1, 0.15) is 106 Å². The van der Waals surface area contributed by atoms with Crippen LogP contribution in [-0.2, 0) is 53.9 Å². The van der Waals surface area contributed by atoms with E-state index in [9.17, 15) is 50.3 Å². The number of amides is 3. The number of imidazole rings is 2. The third-order valence-corrected chi connectivity index (χ3v) is 20.8. The number of aliphatic hydroxyl groups excluding tert-OH is 2. The third-order valence-electron chi connectivity index (χ3n) is 18.8. The van der Waals surface area contributed by atoms with Gasteiger partial charge in [-0.3, -0.25) is 24.0 Å². The summed E-state index contributed by atoms with van der Waals surface area (Å²) >= 11 is 31.5. The fraction of sp³-hybridized carbons (Fsp3) is 0.298. The molecule has 0 saturated carbocycles. The second-order valence-corrected chi connectivity index (χ2v) is 31.1. The van der Waals surface area contributed by atoms with E-state index in [1.807, 2.05) is 70.2 Å². The second-order valence-electron chi connectivity index (χ2n) is 28.1. The van der Waals surface area contributed by atoms with Crippen molar-refractivity contribution in [1.29, 1.82) is 0 Å². The Bertz CT molecular complexity index is 5370. The van der Waals surface area contributed by atoms with Crippen molar-refractivity contribution in [2.45, 2.75) is 81.6 Å². The first-order chi connectivity index (χ1) is 59.7. The van der Waals surface area contributed by atoms with Gasteiger partial charge in [0.2, 0.25) is 23.0 Å². The van der Waals surface area contributed by atoms with Gasteiger partial charge in [-0.15, -0.1) is 28.3 Å². The molecule has 3 amide bonds. The number of carboxylic acids is 1. The van der Waals surface area contributed by atoms with Crippen LogP contribution in [0.3, 0.4) is 0 Å². The molecular formula is C84H90B2Br2Cl4F6I2N13Na2O13. The molecule has 3 radical (unpaired) electrons. The van der Waals surface area contributed by atoms with E-state index in [0.29, 0.717) is 55.7 Å². The summed E-state index contributed by atoms with van der Waals surface area (Å²) in [5, 5.41) is 46.1. The number of carboxylic acid groups (broad SMARTS) is 1. The number of anilines is 2. The fourth-order valence-corrected chi connectivity index (χ4v) is 12.8. The molecule has 4 saturated heterocycles. The predicted octanol–water partition coefficient (Wildman–Crippen LogP) is 8.89. The van der Waals surface area contributed by atoms with E-state index in [-0.39, 0.29) is 179 Å². The number of carbonyl (C=O) groups is 5. The number of nitrogens with two attached hydrogens (primary N) is 2. The number of fused-ring (bicyclic) bond motifs is 3. The Morgan fingerprint density at radius 1 is 0.625 bits per heavy atom. The number of nitrogens with zero attached hydrogens (tertiary/aromatic N) is 7. The first kappa shape index (κ1) is 114. The number of aliphatic hydroxyl groups is 2. The number of hydrogen-bond acceptors (Lipinski definition) is 20. The largest absolute Gasteiger partial charge is 1.00 e. The number of ether oxygens (including phenoxy) is 3. The molecule has 6 atom stereocenters. The van der Waals surface area contributed by atoms with Crippen molar-refractivity contribution in [1.82, 2.24) is 45.1 Å². The molecule has 0 bridgehead atoms. The summed E-state index contributed by atoms with van der Waals surface area (Å²) in [6.45, 7) is 12.2. The molecule has 9 heterocycles. The molecule has 11 N–H and O–H groups in total. The molecule has 4 fully saturated rings. The van der Waals surface area contributed by atoms with Crippen LogP contribution < -0.4 is 102 Å². The first-order valence-electron chi connectivity index (χ1n) is 37.9. The molecule has 11 aromatic rings. The summed E-state index contributed by atoms with van der Waals surface area (Å²) in [5.74, 6) is -3.11. The van der Waals surface area contributed by atoms with Gasteiger partial charge >= 0.3 is 72.2 Å². The molecule has 16 rings (SSSR count). The number of aliphatic carboxylic acids is 1. The van der Waals surface area contributed by atoms with E-state index in [4.69, 9.17) is 96.7 Å². The van der Waals surface area contributed by atoms with Gasteiger partial charge in [-0.2, -0.15) is 5.10 Å². The number of alkyl halides is 2. The third kappa shape index (κ3) is 36.8. The van der Waals surface area contributed by atoms with Crippen LogP contribution in [0.5, 0.6) is 0 Å². The summed E-state index contributed by atoms with van der Waals surface area (Å²) in [6, 6.07) is 47.1. The van der Waals surface area contributed by atoms with Crippen LogP contribution in [0.15, 0.2) is 210 Å². The molecule has 5 aliphatic rings. The Morgan fingerprint density at radius 3 is 1.62 bits per heavy atom. The molecular weight excluding hydrogens is 2140 g/mol. The number of halogens is 14. The van der Waals surface area contributed by atoms with Crippen LogP contribution in [0.25, 0.3) is 11.3 Å². The number of morpholine rings is 3. The molecule has 128 heavy (non-hydrogen) atoms. The summed E-state index contributed by atoms with van der Waals surface area (Å²) in [4.78, 5) is 63.6. The van der Waals surface area contributed by atoms with Crippen LogP contribution >= 0.6 is 115 Å². The number of aromatic nitrogens is 6. The maximum absolute atomic E-state index is 13.6. The standard InChI is InChI=1S/C16H14BrFN4O.C14H18BNO3.C10H11ClFNO2.C10H10FNO2.C10H12FNO.C8H8FNO2.C8H10FNO.C6H3BrClN3.C2H2Cl2O.B.I2.2Na.2H/c17-14-9-19-15-4-5-16(20-22(14)15)21-6-7-23-10-13(21)11-2-1-3-12(18)8-11;1-13(2)14(3,4)19-15(18-13)10-6-5-9-7-12(17)16-11(9)8-10;11-5-10(15)13-9(6-14)7-2-1-3-8(12)4-7;11-8-3-1-2-7(4-8)9-5-14-6-10(13)12-9;11-9-3-1-2-8(6-9)10-7-13-5-4-12-10;9-6-3-1-2-5(4-6)7(10)8(11)12;9-7-3-1-2-6(4-7)8(10)5-11;7-4-3-9-6-2-1-5(8)10-11(4)6;3-1-2(4)5;;1-2;;;;/h1-5,8-9,13H,6-7,10H2;5-6,8H,7H2,1-4H3,(H,16,17);1-4,9,14H,5-6H2,(H,13,15);1-4,9H,5-6H2,(H,12,13);1-3,6,10,12H,4-5,7H2;1-4,7H,10H2,(H,11,12);1-4,8,11H,5,10H2;1-3H;1H2;;;;;;/q;;;;;;;;;;;2*+1;2*-1. The molecule has 0 spiro atoms. The van der Waals surface area contributed by atoms with Crippen molar-refractivity contribution in [2.24, 2.45) is 11.5 Å². The summed E-state index contributed by atoms with van der Waals surface area (Å²) in [7, 11) is -0.382. The number of benzene rings is 7. The number of rotatable bonds is 14. The number of hydrogen-bond donors (Lipinski definition) is 9. The van der Waals surface area contributed by atoms with Gasteiger partial charge in [-0.1, -0.05) is 96.5 Å². The molecule has 26 nitrogen and oxygen atoms in total. The van der Waals surface area contributed by atoms with Gasteiger partial charge in [0.25, 0.3) is 0 Å². The van der Waals surface area contributed by atoms with E-state index in [0.717, 1.165) is 78.9 Å². The average Bonchev–Trinajstić information content (AvgIpc) is 1.64. The monoisotopic (exact) mass is 2220 g/mol. The van der Waals surface area contributed by atoms with Gasteiger partial charge in [-0.25, -0.2) is 45.3 Å². The van der Waals surface area contributed by atoms with Gasteiger partial charge in [0, 0.05) is 64.4 Å². The van der Waals surface area contributed by atoms with Crippen LogP contribution in [0.2, 0.25) is 5.15 Å². The van der Waals surface area contributed by atoms with E-state index in [2.05, 4.69) is 115 Å². The van der Waals surface area contributed by atoms with Crippen molar-refractivity contribution < 1.29 is 151 Å². The van der Waals surface area contributed by atoms with Crippen molar-refractivity contribution in [3.05, 3.63) is 289 Å². The van der Waals surface area contributed by atoms with Crippen molar-refractivity contribution in [3.8, 4) is 0 Å². The SMILES string of the molecule is CC1(C)OB(c2ccc3c(c2)NC(=O)C3)OC1(C)C.Clc1ccc2ncc(Br)n2n1.Fc1cccc(C2COCCN2)c1.Fc1cccc(C2COCCN2c2ccc3ncc(Br)n3n2)c1.II.NC(C(=O)O)c1cccc(F)c1.NC(CO)c1cccc(F)c1.O=C(CCl)NC(CO)c1cccc(F)c1.O=C(Cl)CCl.O=C1COCC(c2cccc(F)c2)N1.[B].[H-].[H-].[Na+].[Na+]. The number of nitrogens with one attached hydrogen (secondary N) is 4. The Labute approximate surface area is 845 Å². The van der Waals surface area contributed by atoms with Crippen molar-refractivity contribution in [2.75, 3.05) is 87.9 Å². The first-order valence-corrected chi connectivity index (χ1v) is 47.6. The Hall–Kier alpha value is -5.98. The Morgan fingerprint density at radius 2 is 1.11 bits per heavy atom. The summed E-state index contributed by atoms with van der Waals surface area (Å²) in [5.41, 5.74) is 18.4. The zero-order chi connectivity index (χ0) is 91.5. The van der Waals surface area contributed by atoms with Gasteiger partial charge in [0.15, 0.2) is 11.3 Å². The summed E-state index contributed by atoms with van der Waals surface area (Å²) in [6.07, 6.45) is 3.85. The Kier molecular flexibility index (Phi) is 52.0. The van der Waals surface area contributed by atoms with Gasteiger partial charge < -0.3 is 79.3 Å². The molecule has 7 aromatic carbocycles. The second kappa shape index (κ2) is 58.2. The summed E-state index contributed by atoms with van der Waals surface area (Å²) < 4.78 is 110. The molecule has 4 aromatic heterocycles. The van der Waals surface area contributed by atoms with E-state index in [1.54, 1.807) is 88.2 Å². The maximum Gasteiger partial charge on any atom is 1.00 e. The predicted molar refractivity (Wildman–Crippen MR) is 498 cm³/mol. The Balaban J connectivity index is 0.000000501.